The number of rotatable bonds is 9. The standard InChI is InChI=1S/C29H32N8O3/c1-3-28(38)37-19(2)14-25(24-6-4-5-7-26(24)37)33-27-13-10-22(17-32-27)36-18-21(34-35-36)16-31-15-20-8-11-23(12-9-20)40-29(30)39/h4-13,17-19,25,31H,3,14-16H2,1-2H3,(H2,30,39)(H,32,33)/t19-,25+/m0/s1. The molecule has 2 aromatic carbocycles. The number of nitrogens with two attached hydrogens (primary N) is 1. The van der Waals surface area contributed by atoms with Crippen molar-refractivity contribution >= 4 is 23.5 Å². The van der Waals surface area contributed by atoms with Crippen molar-refractivity contribution in [3.05, 3.63) is 89.9 Å². The van der Waals surface area contributed by atoms with Crippen LogP contribution in [0.5, 0.6) is 5.75 Å². The fraction of sp³-hybridized carbons (Fsp3) is 0.276. The minimum Gasteiger partial charge on any atom is -0.411 e. The van der Waals surface area contributed by atoms with Crippen LogP contribution >= 0.6 is 0 Å². The van der Waals surface area contributed by atoms with Crippen LogP contribution in [0.3, 0.4) is 0 Å². The molecular weight excluding hydrogens is 508 g/mol. The second-order valence-electron chi connectivity index (χ2n) is 9.68. The normalized spacial score (nSPS) is 16.3. The summed E-state index contributed by atoms with van der Waals surface area (Å²) in [7, 11) is 0. The van der Waals surface area contributed by atoms with Crippen LogP contribution in [0.4, 0.5) is 16.3 Å². The van der Waals surface area contributed by atoms with E-state index in [9.17, 15) is 9.59 Å². The van der Waals surface area contributed by atoms with Crippen molar-refractivity contribution in [2.75, 3.05) is 10.2 Å². The van der Waals surface area contributed by atoms with Gasteiger partial charge in [0.05, 0.1) is 29.8 Å². The molecule has 2 aromatic heterocycles. The fourth-order valence-electron chi connectivity index (χ4n) is 4.92. The number of hydrogen-bond donors (Lipinski definition) is 3. The lowest BCUT2D eigenvalue weighted by molar-refractivity contribution is -0.118. The molecule has 0 saturated carbocycles. The maximum absolute atomic E-state index is 12.6. The van der Waals surface area contributed by atoms with Crippen molar-refractivity contribution in [3.8, 4) is 11.4 Å². The number of carbonyl (C=O) groups is 2. The van der Waals surface area contributed by atoms with Gasteiger partial charge in [0.15, 0.2) is 0 Å². The number of hydrogen-bond acceptors (Lipinski definition) is 8. The van der Waals surface area contributed by atoms with Gasteiger partial charge in [0.1, 0.15) is 11.6 Å². The van der Waals surface area contributed by atoms with Crippen LogP contribution in [0.2, 0.25) is 0 Å². The summed E-state index contributed by atoms with van der Waals surface area (Å²) in [4.78, 5) is 30.0. The molecule has 11 nitrogen and oxygen atoms in total. The number of nitrogens with zero attached hydrogens (tertiary/aromatic N) is 5. The molecule has 0 saturated heterocycles. The molecule has 0 spiro atoms. The van der Waals surface area contributed by atoms with Gasteiger partial charge in [-0.1, -0.05) is 42.5 Å². The lowest BCUT2D eigenvalue weighted by Gasteiger charge is -2.39. The number of aromatic nitrogens is 4. The summed E-state index contributed by atoms with van der Waals surface area (Å²) in [6, 6.07) is 19.2. The Hall–Kier alpha value is -4.77. The minimum atomic E-state index is -0.836. The summed E-state index contributed by atoms with van der Waals surface area (Å²) in [5.41, 5.74) is 9.69. The number of pyridine rings is 1. The third kappa shape index (κ3) is 6.10. The molecule has 5 rings (SSSR count). The van der Waals surface area contributed by atoms with Crippen molar-refractivity contribution < 1.29 is 14.3 Å². The number of para-hydroxylation sites is 1. The number of primary amides is 1. The first-order valence-corrected chi connectivity index (χ1v) is 13.2. The smallest absolute Gasteiger partial charge is 0.409 e. The summed E-state index contributed by atoms with van der Waals surface area (Å²) in [5, 5.41) is 15.4. The molecule has 40 heavy (non-hydrogen) atoms. The number of amides is 2. The van der Waals surface area contributed by atoms with Gasteiger partial charge >= 0.3 is 6.09 Å². The summed E-state index contributed by atoms with van der Waals surface area (Å²) in [6.45, 7) is 5.12. The molecule has 0 unspecified atom stereocenters. The second-order valence-corrected chi connectivity index (χ2v) is 9.68. The Morgan fingerprint density at radius 3 is 2.60 bits per heavy atom. The van der Waals surface area contributed by atoms with E-state index in [-0.39, 0.29) is 18.0 Å². The van der Waals surface area contributed by atoms with Crippen molar-refractivity contribution in [1.82, 2.24) is 25.3 Å². The van der Waals surface area contributed by atoms with E-state index in [0.717, 1.165) is 40.4 Å². The second kappa shape index (κ2) is 12.0. The molecule has 2 amide bonds. The van der Waals surface area contributed by atoms with Crippen molar-refractivity contribution in [2.24, 2.45) is 5.73 Å². The van der Waals surface area contributed by atoms with Crippen molar-refractivity contribution in [3.63, 3.8) is 0 Å². The van der Waals surface area contributed by atoms with E-state index >= 15 is 0 Å². The third-order valence-electron chi connectivity index (χ3n) is 6.81. The third-order valence-corrected chi connectivity index (χ3v) is 6.81. The average molecular weight is 541 g/mol. The number of carbonyl (C=O) groups excluding carboxylic acids is 2. The van der Waals surface area contributed by atoms with E-state index in [1.54, 1.807) is 23.0 Å². The SMILES string of the molecule is CCC(=O)N1c2ccccc2[C@H](Nc2ccc(-n3cc(CNCc4ccc(OC(N)=O)cc4)nn3)cn2)C[C@@H]1C. The van der Waals surface area contributed by atoms with Crippen LogP contribution in [0.1, 0.15) is 49.6 Å². The Bertz CT molecular complexity index is 1470. The molecule has 3 heterocycles. The number of anilines is 2. The number of fused-ring (bicyclic) bond motifs is 1. The van der Waals surface area contributed by atoms with Gasteiger partial charge in [0, 0.05) is 31.2 Å². The predicted molar refractivity (Wildman–Crippen MR) is 151 cm³/mol. The molecule has 2 atom stereocenters. The molecule has 1 aliphatic heterocycles. The summed E-state index contributed by atoms with van der Waals surface area (Å²) >= 11 is 0. The van der Waals surface area contributed by atoms with Gasteiger partial charge in [-0.25, -0.2) is 14.5 Å². The first-order valence-electron chi connectivity index (χ1n) is 13.2. The zero-order chi connectivity index (χ0) is 28.1. The van der Waals surface area contributed by atoms with E-state index in [2.05, 4.69) is 38.9 Å². The van der Waals surface area contributed by atoms with Crippen LogP contribution in [-0.4, -0.2) is 38.0 Å². The highest BCUT2D eigenvalue weighted by atomic mass is 16.5. The van der Waals surface area contributed by atoms with Gasteiger partial charge in [-0.05, 0) is 54.8 Å². The molecule has 1 aliphatic rings. The van der Waals surface area contributed by atoms with E-state index in [0.29, 0.717) is 25.3 Å². The molecule has 0 fully saturated rings. The Morgan fingerprint density at radius 1 is 1.07 bits per heavy atom. The monoisotopic (exact) mass is 540 g/mol. The maximum Gasteiger partial charge on any atom is 0.409 e. The molecule has 0 aliphatic carbocycles. The summed E-state index contributed by atoms with van der Waals surface area (Å²) in [5.74, 6) is 1.29. The highest BCUT2D eigenvalue weighted by Gasteiger charge is 2.33. The molecule has 4 N–H and O–H groups in total. The highest BCUT2D eigenvalue weighted by Crippen LogP contribution is 2.38. The van der Waals surface area contributed by atoms with Gasteiger partial charge in [-0.3, -0.25) is 4.79 Å². The quantitative estimate of drug-likeness (QED) is 0.288. The topological polar surface area (TPSA) is 140 Å². The molecule has 4 aromatic rings. The first-order chi connectivity index (χ1) is 19.4. The van der Waals surface area contributed by atoms with E-state index in [4.69, 9.17) is 10.5 Å². The minimum absolute atomic E-state index is 0.0429. The maximum atomic E-state index is 12.6. The Labute approximate surface area is 232 Å². The van der Waals surface area contributed by atoms with E-state index in [1.165, 1.54) is 0 Å². The van der Waals surface area contributed by atoms with Crippen LogP contribution in [-0.2, 0) is 17.9 Å². The van der Waals surface area contributed by atoms with Gasteiger partial charge in [-0.2, -0.15) is 0 Å². The molecular formula is C29H32N8O3. The Kier molecular flexibility index (Phi) is 8.02. The Balaban J connectivity index is 1.18. The predicted octanol–water partition coefficient (Wildman–Crippen LogP) is 4.10. The van der Waals surface area contributed by atoms with Crippen LogP contribution < -0.4 is 26.0 Å². The summed E-state index contributed by atoms with van der Waals surface area (Å²) in [6.07, 6.45) is 4.05. The number of benzene rings is 2. The molecule has 0 bridgehead atoms. The van der Waals surface area contributed by atoms with Crippen LogP contribution in [0.15, 0.2) is 73.1 Å². The first kappa shape index (κ1) is 26.8. The Morgan fingerprint density at radius 2 is 1.88 bits per heavy atom. The zero-order valence-electron chi connectivity index (χ0n) is 22.4. The highest BCUT2D eigenvalue weighted by molar-refractivity contribution is 5.95. The molecule has 11 heteroatoms. The summed E-state index contributed by atoms with van der Waals surface area (Å²) < 4.78 is 6.53. The zero-order valence-corrected chi connectivity index (χ0v) is 22.4. The van der Waals surface area contributed by atoms with Gasteiger partial charge in [0.2, 0.25) is 5.91 Å². The van der Waals surface area contributed by atoms with E-state index in [1.807, 2.05) is 60.5 Å². The van der Waals surface area contributed by atoms with Crippen LogP contribution in [0.25, 0.3) is 5.69 Å². The van der Waals surface area contributed by atoms with Gasteiger partial charge in [-0.15, -0.1) is 5.10 Å². The van der Waals surface area contributed by atoms with Gasteiger partial charge < -0.3 is 26.0 Å². The molecule has 206 valence electrons. The van der Waals surface area contributed by atoms with Crippen molar-refractivity contribution in [1.29, 1.82) is 0 Å². The number of ether oxygens (including phenoxy) is 1. The van der Waals surface area contributed by atoms with Crippen LogP contribution in [0, 0.1) is 0 Å². The van der Waals surface area contributed by atoms with Crippen molar-refractivity contribution in [2.45, 2.75) is 51.9 Å². The largest absolute Gasteiger partial charge is 0.411 e. The lowest BCUT2D eigenvalue weighted by atomic mass is 9.91. The number of nitrogens with one attached hydrogen (secondary N) is 2. The molecule has 0 radical (unpaired) electrons. The van der Waals surface area contributed by atoms with E-state index < -0.39 is 6.09 Å². The fourth-order valence-corrected chi connectivity index (χ4v) is 4.92. The van der Waals surface area contributed by atoms with Gasteiger partial charge in [0.25, 0.3) is 0 Å². The lowest BCUT2D eigenvalue weighted by Crippen LogP contribution is -2.44. The average Bonchev–Trinajstić information content (AvgIpc) is 3.43.